The van der Waals surface area contributed by atoms with E-state index in [1.807, 2.05) is 128 Å². The second-order valence-corrected chi connectivity index (χ2v) is 29.2. The summed E-state index contributed by atoms with van der Waals surface area (Å²) in [6, 6.07) is 45.0. The third-order valence-electron chi connectivity index (χ3n) is 19.0. The first-order chi connectivity index (χ1) is 48.1. The molecule has 0 aromatic heterocycles. The number of hydrogen-bond acceptors (Lipinski definition) is 11. The van der Waals surface area contributed by atoms with Gasteiger partial charge in [-0.2, -0.15) is 8.42 Å². The van der Waals surface area contributed by atoms with Crippen molar-refractivity contribution in [1.29, 1.82) is 0 Å². The lowest BCUT2D eigenvalue weighted by molar-refractivity contribution is -0.320. The Labute approximate surface area is 593 Å². The Morgan fingerprint density at radius 2 is 0.878 bits per heavy atom. The third-order valence-corrected chi connectivity index (χ3v) is 20.3. The van der Waals surface area contributed by atoms with Gasteiger partial charge in [0.05, 0.1) is 56.7 Å². The van der Waals surface area contributed by atoms with Crippen LogP contribution in [-0.2, 0) is 73.9 Å². The van der Waals surface area contributed by atoms with Crippen molar-refractivity contribution in [3.8, 4) is 0 Å². The third kappa shape index (κ3) is 35.0. The van der Waals surface area contributed by atoms with Gasteiger partial charge < -0.3 is 38.8 Å². The molecule has 1 saturated heterocycles. The molecule has 0 unspecified atom stereocenters. The van der Waals surface area contributed by atoms with Gasteiger partial charge >= 0.3 is 0 Å². The summed E-state index contributed by atoms with van der Waals surface area (Å²) in [5.41, 5.74) is 4.57. The van der Waals surface area contributed by atoms with Crippen LogP contribution in [0, 0.1) is 6.92 Å². The van der Waals surface area contributed by atoms with Gasteiger partial charge in [0, 0.05) is 6.42 Å². The Morgan fingerprint density at radius 3 is 1.33 bits per heavy atom. The minimum absolute atomic E-state index is 0.0273. The van der Waals surface area contributed by atoms with Crippen LogP contribution in [0.5, 0.6) is 0 Å². The number of ether oxygens (including phenoxy) is 6. The summed E-state index contributed by atoms with van der Waals surface area (Å²) in [7, 11) is -4.30. The Hall–Kier alpha value is -5.06. The van der Waals surface area contributed by atoms with Crippen molar-refractivity contribution in [2.75, 3.05) is 13.2 Å². The molecule has 98 heavy (non-hydrogen) atoms. The first-order valence-electron chi connectivity index (χ1n) is 38.6. The predicted molar refractivity (Wildman–Crippen MR) is 399 cm³/mol. The molecule has 0 spiro atoms. The minimum atomic E-state index is -4.30. The molecule has 0 saturated carbocycles. The van der Waals surface area contributed by atoms with Crippen molar-refractivity contribution in [2.24, 2.45) is 0 Å². The van der Waals surface area contributed by atoms with Crippen molar-refractivity contribution in [3.05, 3.63) is 186 Å². The Kier molecular flexibility index (Phi) is 43.4. The molecule has 1 amide bonds. The van der Waals surface area contributed by atoms with Crippen molar-refractivity contribution >= 4 is 16.0 Å². The zero-order valence-electron chi connectivity index (χ0n) is 60.6. The molecule has 1 aliphatic rings. The van der Waals surface area contributed by atoms with E-state index in [9.17, 15) is 18.3 Å². The van der Waals surface area contributed by atoms with E-state index in [4.69, 9.17) is 32.6 Å². The largest absolute Gasteiger partial charge is 0.387 e. The van der Waals surface area contributed by atoms with Gasteiger partial charge in [0.2, 0.25) is 5.91 Å². The Balaban J connectivity index is 1.18. The summed E-state index contributed by atoms with van der Waals surface area (Å²) < 4.78 is 74.7. The average Bonchev–Trinajstić information content (AvgIpc) is 0.796. The van der Waals surface area contributed by atoms with Crippen LogP contribution in [0.1, 0.15) is 266 Å². The van der Waals surface area contributed by atoms with E-state index in [-0.39, 0.29) is 37.2 Å². The summed E-state index contributed by atoms with van der Waals surface area (Å²) in [5, 5.41) is 15.8. The van der Waals surface area contributed by atoms with Gasteiger partial charge in [-0.1, -0.05) is 358 Å². The standard InChI is InChI=1S/C85H127NO11S/c1-4-6-8-10-12-14-16-18-19-20-21-22-23-24-25-26-27-28-30-32-34-36-50-60-80(87)86-77(82(92-66-73-53-43-38-44-54-73)78(91-65-72-51-41-37-42-52-72)59-49-35-33-31-29-17-15-13-11-9-7-5-2)69-95-85-84(94-68-75-57-47-40-48-58-75)83(93-67-74-55-45-39-46-56-74)81(88)79(97-85)70-96-98(89,90)76-63-61-71(3)62-64-76/h35,37-49,51-58,61-64,77-79,81-85,88H,4-34,36,50,59-60,65-70H2,1-3H3,(H,86,87)/b49-35+/t77-,78+,79+,81-,82-,83-,84+,85-/m0/s1. The number of benzene rings is 5. The molecule has 1 aliphatic heterocycles. The van der Waals surface area contributed by atoms with Gasteiger partial charge in [0.25, 0.3) is 10.1 Å². The maximum Gasteiger partial charge on any atom is 0.297 e. The lowest BCUT2D eigenvalue weighted by Gasteiger charge is -2.44. The molecular weight excluding hydrogens is 1240 g/mol. The number of carbonyl (C=O) groups is 1. The summed E-state index contributed by atoms with van der Waals surface area (Å²) in [4.78, 5) is 14.7. The van der Waals surface area contributed by atoms with Crippen molar-refractivity contribution in [2.45, 2.75) is 326 Å². The van der Waals surface area contributed by atoms with Crippen LogP contribution >= 0.6 is 0 Å². The topological polar surface area (TPSA) is 148 Å². The summed E-state index contributed by atoms with van der Waals surface area (Å²) in [6.45, 7) is 6.45. The highest BCUT2D eigenvalue weighted by Gasteiger charge is 2.49. The van der Waals surface area contributed by atoms with Crippen molar-refractivity contribution in [3.63, 3.8) is 0 Å². The summed E-state index contributed by atoms with van der Waals surface area (Å²) in [5.74, 6) is -0.133. The van der Waals surface area contributed by atoms with Crippen LogP contribution in [0.25, 0.3) is 0 Å². The van der Waals surface area contributed by atoms with Crippen LogP contribution < -0.4 is 5.32 Å². The molecule has 6 rings (SSSR count). The Bertz CT molecular complexity index is 2860. The van der Waals surface area contributed by atoms with Crippen molar-refractivity contribution in [1.82, 2.24) is 5.32 Å². The normalized spacial score (nSPS) is 17.5. The van der Waals surface area contributed by atoms with E-state index >= 15 is 0 Å². The van der Waals surface area contributed by atoms with Gasteiger partial charge in [-0.15, -0.1) is 0 Å². The first-order valence-corrected chi connectivity index (χ1v) is 40.0. The van der Waals surface area contributed by atoms with Crippen LogP contribution in [0.15, 0.2) is 163 Å². The van der Waals surface area contributed by atoms with Gasteiger partial charge in [-0.05, 0) is 67.0 Å². The van der Waals surface area contributed by atoms with Crippen LogP contribution in [0.3, 0.4) is 0 Å². The number of nitrogens with one attached hydrogen (secondary N) is 1. The molecule has 12 nitrogen and oxygen atoms in total. The molecule has 13 heteroatoms. The van der Waals surface area contributed by atoms with E-state index in [1.54, 1.807) is 12.1 Å². The molecule has 544 valence electrons. The number of allylic oxidation sites excluding steroid dienone is 1. The first kappa shape index (κ1) is 81.9. The van der Waals surface area contributed by atoms with E-state index in [0.29, 0.717) is 19.4 Å². The summed E-state index contributed by atoms with van der Waals surface area (Å²) in [6.07, 6.45) is 39.9. The number of aliphatic hydroxyl groups is 1. The fourth-order valence-corrected chi connectivity index (χ4v) is 13.9. The van der Waals surface area contributed by atoms with Gasteiger partial charge in [0.15, 0.2) is 6.29 Å². The van der Waals surface area contributed by atoms with E-state index in [0.717, 1.165) is 66.3 Å². The second kappa shape index (κ2) is 52.0. The molecule has 2 N–H and O–H groups in total. The lowest BCUT2D eigenvalue weighted by Crippen LogP contribution is -2.62. The van der Waals surface area contributed by atoms with Crippen LogP contribution in [0.4, 0.5) is 0 Å². The zero-order chi connectivity index (χ0) is 69.2. The van der Waals surface area contributed by atoms with E-state index < -0.39 is 65.7 Å². The number of carbonyl (C=O) groups excluding carboxylic acids is 1. The van der Waals surface area contributed by atoms with Crippen molar-refractivity contribution < 1.29 is 50.9 Å². The smallest absolute Gasteiger partial charge is 0.297 e. The van der Waals surface area contributed by atoms with E-state index in [1.165, 1.54) is 185 Å². The predicted octanol–water partition coefficient (Wildman–Crippen LogP) is 20.9. The maximum atomic E-state index is 14.7. The average molecular weight is 1370 g/mol. The quantitative estimate of drug-likeness (QED) is 0.0218. The van der Waals surface area contributed by atoms with E-state index in [2.05, 4.69) is 31.3 Å². The molecule has 1 fully saturated rings. The number of hydrogen-bond donors (Lipinski definition) is 2. The lowest BCUT2D eigenvalue weighted by atomic mass is 9.98. The SMILES string of the molecule is CCCCCCCCCCC/C=C/C[C@@H](OCc1ccccc1)[C@@H](OCc1ccccc1)[C@H](CO[C@H]1O[C@H](COS(=O)(=O)c2ccc(C)cc2)[C@H](O)[C@H](OCc2ccccc2)[C@H]1OCc1ccccc1)NC(=O)CCCCCCCCCCCCCCCCCCCCCCCCC. The number of unbranched alkanes of at least 4 members (excludes halogenated alkanes) is 31. The number of rotatable bonds is 58. The molecule has 8 atom stereocenters. The van der Waals surface area contributed by atoms with Crippen LogP contribution in [-0.4, -0.2) is 81.6 Å². The number of aryl methyl sites for hydroxylation is 1. The fraction of sp³-hybridized carbons (Fsp3) is 0.612. The molecule has 0 radical (unpaired) electrons. The fourth-order valence-electron chi connectivity index (χ4n) is 13.0. The van der Waals surface area contributed by atoms with Gasteiger partial charge in [0.1, 0.15) is 30.5 Å². The monoisotopic (exact) mass is 1370 g/mol. The molecule has 0 aliphatic carbocycles. The second-order valence-electron chi connectivity index (χ2n) is 27.6. The Morgan fingerprint density at radius 1 is 0.480 bits per heavy atom. The zero-order valence-corrected chi connectivity index (χ0v) is 61.4. The highest BCUT2D eigenvalue weighted by molar-refractivity contribution is 7.86. The minimum Gasteiger partial charge on any atom is -0.387 e. The molecular formula is C85H127NO11S. The summed E-state index contributed by atoms with van der Waals surface area (Å²) >= 11 is 0. The number of aliphatic hydroxyl groups excluding tert-OH is 1. The highest BCUT2D eigenvalue weighted by Crippen LogP contribution is 2.31. The molecule has 5 aromatic rings. The molecule has 5 aromatic carbocycles. The maximum absolute atomic E-state index is 14.7. The van der Waals surface area contributed by atoms with Gasteiger partial charge in [-0.3, -0.25) is 8.98 Å². The molecule has 0 bridgehead atoms. The van der Waals surface area contributed by atoms with Crippen LogP contribution in [0.2, 0.25) is 0 Å². The molecule has 1 heterocycles. The van der Waals surface area contributed by atoms with Gasteiger partial charge in [-0.25, -0.2) is 0 Å². The highest BCUT2D eigenvalue weighted by atomic mass is 32.2. The number of amides is 1.